The van der Waals surface area contributed by atoms with E-state index in [4.69, 9.17) is 10.5 Å². The van der Waals surface area contributed by atoms with Gasteiger partial charge in [0.15, 0.2) is 11.6 Å². The topological polar surface area (TPSA) is 51.4 Å². The lowest BCUT2D eigenvalue weighted by Gasteiger charge is -2.35. The molecule has 0 spiro atoms. The Bertz CT molecular complexity index is 398. The monoisotopic (exact) mass is 263 g/mol. The third-order valence-corrected chi connectivity index (χ3v) is 3.70. The highest BCUT2D eigenvalue weighted by molar-refractivity contribution is 5.52. The number of hydrogen-bond donors (Lipinski definition) is 1. The van der Waals surface area contributed by atoms with Gasteiger partial charge in [-0.25, -0.2) is 4.98 Å². The molecule has 1 saturated heterocycles. The van der Waals surface area contributed by atoms with Crippen LogP contribution in [0.15, 0.2) is 18.3 Å². The molecule has 106 valence electrons. The number of nitrogens with zero attached hydrogens (tertiary/aromatic N) is 2. The second kappa shape index (κ2) is 6.24. The molecule has 1 atom stereocenters. The fourth-order valence-electron chi connectivity index (χ4n) is 2.60. The van der Waals surface area contributed by atoms with E-state index in [1.54, 1.807) is 0 Å². The number of hydrogen-bond acceptors (Lipinski definition) is 4. The molecular formula is C15H25N3O. The quantitative estimate of drug-likeness (QED) is 0.906. The highest BCUT2D eigenvalue weighted by Gasteiger charge is 2.24. The summed E-state index contributed by atoms with van der Waals surface area (Å²) in [5.41, 5.74) is 5.99. The zero-order valence-corrected chi connectivity index (χ0v) is 12.2. The first-order valence-electron chi connectivity index (χ1n) is 7.20. The van der Waals surface area contributed by atoms with Crippen LogP contribution in [0.3, 0.4) is 0 Å². The van der Waals surface area contributed by atoms with Gasteiger partial charge in [0.2, 0.25) is 0 Å². The van der Waals surface area contributed by atoms with Gasteiger partial charge in [0.05, 0.1) is 6.10 Å². The van der Waals surface area contributed by atoms with E-state index in [9.17, 15) is 0 Å². The minimum Gasteiger partial charge on any atom is -0.487 e. The van der Waals surface area contributed by atoms with Crippen LogP contribution >= 0.6 is 0 Å². The van der Waals surface area contributed by atoms with Gasteiger partial charge in [-0.05, 0) is 51.7 Å². The molecule has 4 nitrogen and oxygen atoms in total. The largest absolute Gasteiger partial charge is 0.487 e. The van der Waals surface area contributed by atoms with Crippen molar-refractivity contribution in [3.05, 3.63) is 18.3 Å². The third kappa shape index (κ3) is 3.60. The molecule has 1 fully saturated rings. The van der Waals surface area contributed by atoms with Gasteiger partial charge < -0.3 is 15.4 Å². The van der Waals surface area contributed by atoms with Crippen LogP contribution in [-0.2, 0) is 0 Å². The van der Waals surface area contributed by atoms with Gasteiger partial charge >= 0.3 is 0 Å². The minimum absolute atomic E-state index is 0.171. The first kappa shape index (κ1) is 14.1. The van der Waals surface area contributed by atoms with Crippen molar-refractivity contribution in [3.63, 3.8) is 0 Å². The van der Waals surface area contributed by atoms with Crippen molar-refractivity contribution in [1.29, 1.82) is 0 Å². The van der Waals surface area contributed by atoms with Gasteiger partial charge in [-0.1, -0.05) is 0 Å². The Balaban J connectivity index is 2.06. The molecule has 2 heterocycles. The van der Waals surface area contributed by atoms with E-state index >= 15 is 0 Å². The molecular weight excluding hydrogens is 238 g/mol. The lowest BCUT2D eigenvalue weighted by molar-refractivity contribution is 0.241. The average molecular weight is 263 g/mol. The van der Waals surface area contributed by atoms with E-state index in [-0.39, 0.29) is 12.1 Å². The van der Waals surface area contributed by atoms with E-state index < -0.39 is 0 Å². The first-order chi connectivity index (χ1) is 9.08. The SMILES string of the molecule is CC(C)Oc1cccnc1N1CCC(C(C)N)CC1. The second-order valence-electron chi connectivity index (χ2n) is 5.68. The van der Waals surface area contributed by atoms with Crippen molar-refractivity contribution in [1.82, 2.24) is 4.98 Å². The van der Waals surface area contributed by atoms with Crippen molar-refractivity contribution in [3.8, 4) is 5.75 Å². The molecule has 1 aromatic rings. The van der Waals surface area contributed by atoms with Gasteiger partial charge in [-0.2, -0.15) is 0 Å². The zero-order chi connectivity index (χ0) is 13.8. The van der Waals surface area contributed by atoms with Crippen molar-refractivity contribution < 1.29 is 4.74 Å². The lowest BCUT2D eigenvalue weighted by atomic mass is 9.91. The minimum atomic E-state index is 0.171. The molecule has 4 heteroatoms. The molecule has 1 aliphatic heterocycles. The number of aromatic nitrogens is 1. The van der Waals surface area contributed by atoms with Crippen LogP contribution < -0.4 is 15.4 Å². The number of rotatable bonds is 4. The fraction of sp³-hybridized carbons (Fsp3) is 0.667. The maximum Gasteiger partial charge on any atom is 0.171 e. The molecule has 0 radical (unpaired) electrons. The Morgan fingerprint density at radius 3 is 2.58 bits per heavy atom. The van der Waals surface area contributed by atoms with E-state index in [2.05, 4.69) is 16.8 Å². The smallest absolute Gasteiger partial charge is 0.171 e. The summed E-state index contributed by atoms with van der Waals surface area (Å²) in [5, 5.41) is 0. The van der Waals surface area contributed by atoms with Gasteiger partial charge in [0, 0.05) is 25.3 Å². The molecule has 0 saturated carbocycles. The van der Waals surface area contributed by atoms with Crippen LogP contribution in [0.25, 0.3) is 0 Å². The summed E-state index contributed by atoms with van der Waals surface area (Å²) >= 11 is 0. The maximum atomic E-state index is 5.99. The highest BCUT2D eigenvalue weighted by atomic mass is 16.5. The van der Waals surface area contributed by atoms with E-state index in [1.165, 1.54) is 0 Å². The van der Waals surface area contributed by atoms with Crippen LogP contribution in [-0.4, -0.2) is 30.2 Å². The summed E-state index contributed by atoms with van der Waals surface area (Å²) < 4.78 is 5.84. The number of piperidine rings is 1. The highest BCUT2D eigenvalue weighted by Crippen LogP contribution is 2.30. The molecule has 1 aromatic heterocycles. The van der Waals surface area contributed by atoms with Gasteiger partial charge in [-0.15, -0.1) is 0 Å². The molecule has 0 amide bonds. The number of nitrogens with two attached hydrogens (primary N) is 1. The van der Waals surface area contributed by atoms with Crippen molar-refractivity contribution in [2.45, 2.75) is 45.8 Å². The predicted molar refractivity (Wildman–Crippen MR) is 78.6 cm³/mol. The number of pyridine rings is 1. The Hall–Kier alpha value is -1.29. The van der Waals surface area contributed by atoms with Gasteiger partial charge in [0.25, 0.3) is 0 Å². The summed E-state index contributed by atoms with van der Waals surface area (Å²) in [5.74, 6) is 2.49. The molecule has 2 rings (SSSR count). The lowest BCUT2D eigenvalue weighted by Crippen LogP contribution is -2.40. The molecule has 0 bridgehead atoms. The molecule has 2 N–H and O–H groups in total. The molecule has 1 unspecified atom stereocenters. The summed E-state index contributed by atoms with van der Waals surface area (Å²) in [6.07, 6.45) is 4.27. The average Bonchev–Trinajstić information content (AvgIpc) is 2.39. The van der Waals surface area contributed by atoms with Crippen molar-refractivity contribution >= 4 is 5.82 Å². The Kier molecular flexibility index (Phi) is 4.64. The van der Waals surface area contributed by atoms with Crippen molar-refractivity contribution in [2.24, 2.45) is 11.7 Å². The van der Waals surface area contributed by atoms with Crippen LogP contribution in [0, 0.1) is 5.92 Å². The molecule has 0 aromatic carbocycles. The molecule has 1 aliphatic rings. The first-order valence-corrected chi connectivity index (χ1v) is 7.20. The molecule has 0 aliphatic carbocycles. The Morgan fingerprint density at radius 2 is 2.00 bits per heavy atom. The van der Waals surface area contributed by atoms with E-state index in [1.807, 2.05) is 32.2 Å². The van der Waals surface area contributed by atoms with Crippen molar-refractivity contribution in [2.75, 3.05) is 18.0 Å². The number of anilines is 1. The Labute approximate surface area is 116 Å². The van der Waals surface area contributed by atoms with Crippen LogP contribution in [0.2, 0.25) is 0 Å². The van der Waals surface area contributed by atoms with Gasteiger partial charge in [-0.3, -0.25) is 0 Å². The standard InChI is InChI=1S/C15H25N3O/c1-11(2)19-14-5-4-8-17-15(14)18-9-6-13(7-10-18)12(3)16/h4-5,8,11-13H,6-7,9-10,16H2,1-3H3. The number of ether oxygens (including phenoxy) is 1. The third-order valence-electron chi connectivity index (χ3n) is 3.70. The normalized spacial score (nSPS) is 18.7. The maximum absolute atomic E-state index is 5.99. The van der Waals surface area contributed by atoms with Crippen LogP contribution in [0.5, 0.6) is 5.75 Å². The summed E-state index contributed by atoms with van der Waals surface area (Å²) in [7, 11) is 0. The predicted octanol–water partition coefficient (Wildman–Crippen LogP) is 2.43. The summed E-state index contributed by atoms with van der Waals surface area (Å²) in [6, 6.07) is 4.22. The molecule has 19 heavy (non-hydrogen) atoms. The Morgan fingerprint density at radius 1 is 1.32 bits per heavy atom. The van der Waals surface area contributed by atoms with Gasteiger partial charge in [0.1, 0.15) is 0 Å². The summed E-state index contributed by atoms with van der Waals surface area (Å²) in [6.45, 7) is 8.21. The van der Waals surface area contributed by atoms with E-state index in [0.717, 1.165) is 37.5 Å². The summed E-state index contributed by atoms with van der Waals surface area (Å²) in [4.78, 5) is 6.81. The second-order valence-corrected chi connectivity index (χ2v) is 5.68. The van der Waals surface area contributed by atoms with Crippen LogP contribution in [0.1, 0.15) is 33.6 Å². The van der Waals surface area contributed by atoms with E-state index in [0.29, 0.717) is 5.92 Å². The fourth-order valence-corrected chi connectivity index (χ4v) is 2.60. The van der Waals surface area contributed by atoms with Crippen LogP contribution in [0.4, 0.5) is 5.82 Å². The zero-order valence-electron chi connectivity index (χ0n) is 12.2.